The van der Waals surface area contributed by atoms with E-state index in [1.807, 2.05) is 97.3 Å². The largest absolute Gasteiger partial charge is 0.328 e. The van der Waals surface area contributed by atoms with Gasteiger partial charge in [-0.05, 0) is 116 Å². The van der Waals surface area contributed by atoms with Crippen molar-refractivity contribution in [1.82, 2.24) is 4.57 Å². The molecule has 62 heavy (non-hydrogen) atoms. The van der Waals surface area contributed by atoms with Crippen molar-refractivity contribution in [3.05, 3.63) is 212 Å². The van der Waals surface area contributed by atoms with Crippen molar-refractivity contribution in [2.45, 2.75) is 41.6 Å². The maximum absolute atomic E-state index is 14.9. The van der Waals surface area contributed by atoms with E-state index < -0.39 is 19.9 Å². The lowest BCUT2D eigenvalue weighted by atomic mass is 9.87. The number of rotatable bonds is 6. The van der Waals surface area contributed by atoms with E-state index in [2.05, 4.69) is 23.7 Å². The second kappa shape index (κ2) is 16.4. The Morgan fingerprint density at radius 2 is 1.18 bits per heavy atom. The topological polar surface area (TPSA) is 76.5 Å². The molecule has 304 valence electrons. The zero-order valence-electron chi connectivity index (χ0n) is 33.5. The highest BCUT2D eigenvalue weighted by Gasteiger charge is 2.34. The van der Waals surface area contributed by atoms with Crippen LogP contribution in [0.3, 0.4) is 0 Å². The molecule has 0 atom stereocenters. The molecule has 6 nitrogen and oxygen atoms in total. The van der Waals surface area contributed by atoms with Crippen molar-refractivity contribution >= 4 is 59.7 Å². The lowest BCUT2D eigenvalue weighted by molar-refractivity contribution is 0.589. The molecular weight excluding hydrogens is 852 g/mol. The molecule has 1 aromatic heterocycles. The molecule has 0 unspecified atom stereocenters. The number of sulfone groups is 1. The van der Waals surface area contributed by atoms with E-state index in [0.717, 1.165) is 33.4 Å². The second-order valence-corrected chi connectivity index (χ2v) is 19.7. The molecule has 1 aliphatic heterocycles. The fourth-order valence-electron chi connectivity index (χ4n) is 7.79. The highest BCUT2D eigenvalue weighted by atomic mass is 35.5. The summed E-state index contributed by atoms with van der Waals surface area (Å²) in [6, 6.07) is 46.9. The van der Waals surface area contributed by atoms with Crippen molar-refractivity contribution in [2.24, 2.45) is 0 Å². The van der Waals surface area contributed by atoms with Crippen molar-refractivity contribution in [3.8, 4) is 34.8 Å². The fraction of sp³-hybridized carbons (Fsp3) is 0.0769. The molecule has 0 aliphatic carbocycles. The predicted molar refractivity (Wildman–Crippen MR) is 249 cm³/mol. The quantitative estimate of drug-likeness (QED) is 0.156. The summed E-state index contributed by atoms with van der Waals surface area (Å²) in [7, 11) is -8.16. The van der Waals surface area contributed by atoms with E-state index in [9.17, 15) is 16.8 Å². The van der Waals surface area contributed by atoms with Gasteiger partial charge in [0.1, 0.15) is 10.6 Å². The van der Waals surface area contributed by atoms with Gasteiger partial charge in [-0.15, -0.1) is 0 Å². The van der Waals surface area contributed by atoms with Gasteiger partial charge in [0.05, 0.1) is 34.1 Å². The third-order valence-corrected chi connectivity index (χ3v) is 15.0. The first-order valence-corrected chi connectivity index (χ1v) is 23.4. The number of fused-ring (bicyclic) bond motifs is 4. The van der Waals surface area contributed by atoms with Gasteiger partial charge < -0.3 is 4.57 Å². The molecule has 8 aromatic rings. The van der Waals surface area contributed by atoms with Gasteiger partial charge in [0.25, 0.3) is 10.0 Å². The third kappa shape index (κ3) is 7.68. The van der Waals surface area contributed by atoms with Crippen LogP contribution in [0.5, 0.6) is 0 Å². The SMILES string of the molecule is Cc1ccc(S(=O)(=O)c2c(C#Cc3ccccc3)n(Cc3ccc4c(c3C#Cc3ccccc3)-c3cc(Cl)ccc3N(S(=O)(=O)c3ccc(C)cc3)C4)c3ccc(Cl)cc23)cc1. The minimum atomic E-state index is -4.15. The normalized spacial score (nSPS) is 12.2. The summed E-state index contributed by atoms with van der Waals surface area (Å²) >= 11 is 13.4. The lowest BCUT2D eigenvalue weighted by Crippen LogP contribution is -2.33. The third-order valence-electron chi connectivity index (χ3n) is 10.9. The van der Waals surface area contributed by atoms with Crippen molar-refractivity contribution in [2.75, 3.05) is 4.31 Å². The van der Waals surface area contributed by atoms with E-state index in [4.69, 9.17) is 23.2 Å². The molecule has 0 amide bonds. The van der Waals surface area contributed by atoms with Crippen LogP contribution in [-0.2, 0) is 33.0 Å². The maximum Gasteiger partial charge on any atom is 0.264 e. The van der Waals surface area contributed by atoms with Gasteiger partial charge in [-0.1, -0.05) is 125 Å². The Labute approximate surface area is 372 Å². The Hall–Kier alpha value is -6.52. The van der Waals surface area contributed by atoms with Crippen LogP contribution in [0.15, 0.2) is 172 Å². The smallest absolute Gasteiger partial charge is 0.264 e. The average molecular weight is 888 g/mol. The second-order valence-electron chi connectivity index (χ2n) is 15.1. The molecule has 0 saturated carbocycles. The van der Waals surface area contributed by atoms with Gasteiger partial charge in [-0.3, -0.25) is 4.31 Å². The number of nitrogens with zero attached hydrogens (tertiary/aromatic N) is 2. The van der Waals surface area contributed by atoms with E-state index in [1.165, 1.54) is 4.31 Å². The molecule has 0 saturated heterocycles. The number of benzene rings is 7. The number of halogens is 2. The van der Waals surface area contributed by atoms with Gasteiger partial charge in [-0.25, -0.2) is 16.8 Å². The standard InChI is InChI=1S/C52H36Cl2N2O4S2/c1-35-13-23-43(24-14-35)61(57,58)52-47-32-42(54)21-29-48(47)55(50(52)28-18-38-11-7-4-8-12-38)33-39-19-20-40-34-56(62(59,60)44-25-15-36(2)16-26-44)49-30-22-41(53)31-46(49)51(40)45(39)27-17-37-9-5-3-6-10-37/h3-16,19-26,29-32H,33-34H2,1-2H3. The molecule has 7 aromatic carbocycles. The van der Waals surface area contributed by atoms with Crippen LogP contribution >= 0.6 is 23.2 Å². The minimum Gasteiger partial charge on any atom is -0.328 e. The van der Waals surface area contributed by atoms with E-state index in [-0.39, 0.29) is 33.5 Å². The van der Waals surface area contributed by atoms with Crippen molar-refractivity contribution < 1.29 is 16.8 Å². The van der Waals surface area contributed by atoms with Crippen LogP contribution in [0, 0.1) is 37.5 Å². The summed E-state index contributed by atoms with van der Waals surface area (Å²) in [6.45, 7) is 4.00. The van der Waals surface area contributed by atoms with Gasteiger partial charge >= 0.3 is 0 Å². The van der Waals surface area contributed by atoms with Crippen LogP contribution in [0.4, 0.5) is 5.69 Å². The molecule has 0 spiro atoms. The zero-order chi connectivity index (χ0) is 43.2. The summed E-state index contributed by atoms with van der Waals surface area (Å²) in [6.07, 6.45) is 0. The minimum absolute atomic E-state index is 0.0398. The lowest BCUT2D eigenvalue weighted by Gasteiger charge is -2.33. The van der Waals surface area contributed by atoms with Crippen LogP contribution < -0.4 is 4.31 Å². The van der Waals surface area contributed by atoms with Gasteiger partial charge in [-0.2, -0.15) is 0 Å². The Morgan fingerprint density at radius 3 is 1.82 bits per heavy atom. The molecular formula is C52H36Cl2N2O4S2. The number of hydrogen-bond acceptors (Lipinski definition) is 4. The Morgan fingerprint density at radius 1 is 0.597 bits per heavy atom. The Balaban J connectivity index is 1.30. The van der Waals surface area contributed by atoms with E-state index in [1.54, 1.807) is 78.9 Å². The maximum atomic E-state index is 14.9. The number of aryl methyl sites for hydroxylation is 2. The van der Waals surface area contributed by atoms with Gasteiger partial charge in [0.15, 0.2) is 0 Å². The van der Waals surface area contributed by atoms with Gasteiger partial charge in [0.2, 0.25) is 9.84 Å². The van der Waals surface area contributed by atoms with Crippen molar-refractivity contribution in [1.29, 1.82) is 0 Å². The molecule has 1 aliphatic rings. The van der Waals surface area contributed by atoms with Crippen LogP contribution in [0.25, 0.3) is 22.0 Å². The molecule has 2 heterocycles. The molecule has 0 fully saturated rings. The molecule has 0 bridgehead atoms. The van der Waals surface area contributed by atoms with Crippen LogP contribution in [0.1, 0.15) is 44.6 Å². The first-order chi connectivity index (χ1) is 29.9. The summed E-state index contributed by atoms with van der Waals surface area (Å²) in [4.78, 5) is 0.353. The Bertz CT molecular complexity index is 3420. The Kier molecular flexibility index (Phi) is 10.8. The van der Waals surface area contributed by atoms with E-state index in [0.29, 0.717) is 43.3 Å². The fourth-order valence-corrected chi connectivity index (χ4v) is 11.2. The summed E-state index contributed by atoms with van der Waals surface area (Å²) in [5.74, 6) is 13.3. The summed E-state index contributed by atoms with van der Waals surface area (Å²) < 4.78 is 61.9. The molecule has 10 heteroatoms. The molecule has 9 rings (SSSR count). The summed E-state index contributed by atoms with van der Waals surface area (Å²) in [5.41, 5.74) is 8.18. The first kappa shape index (κ1) is 40.9. The molecule has 0 N–H and O–H groups in total. The number of anilines is 1. The average Bonchev–Trinajstić information content (AvgIpc) is 3.58. The zero-order valence-corrected chi connectivity index (χ0v) is 36.7. The number of sulfonamides is 1. The van der Waals surface area contributed by atoms with E-state index >= 15 is 0 Å². The van der Waals surface area contributed by atoms with Gasteiger partial charge in [0, 0.05) is 43.2 Å². The van der Waals surface area contributed by atoms with Crippen LogP contribution in [-0.4, -0.2) is 21.4 Å². The highest BCUT2D eigenvalue weighted by molar-refractivity contribution is 7.93. The number of hydrogen-bond donors (Lipinski definition) is 0. The monoisotopic (exact) mass is 886 g/mol. The molecule has 0 radical (unpaired) electrons. The van der Waals surface area contributed by atoms with Crippen molar-refractivity contribution in [3.63, 3.8) is 0 Å². The first-order valence-electron chi connectivity index (χ1n) is 19.7. The number of aromatic nitrogens is 1. The van der Waals surface area contributed by atoms with Crippen LogP contribution in [0.2, 0.25) is 10.0 Å². The predicted octanol–water partition coefficient (Wildman–Crippen LogP) is 11.6. The highest BCUT2D eigenvalue weighted by Crippen LogP contribution is 2.46. The summed E-state index contributed by atoms with van der Waals surface area (Å²) in [5, 5.41) is 1.23.